The van der Waals surface area contributed by atoms with E-state index in [1.807, 2.05) is 11.3 Å². The van der Waals surface area contributed by atoms with Gasteiger partial charge in [0, 0.05) is 10.5 Å². The number of aromatic nitrogens is 1. The molecule has 0 radical (unpaired) electrons. The number of piperidine rings is 1. The van der Waals surface area contributed by atoms with Crippen molar-refractivity contribution in [2.45, 2.75) is 57.0 Å². The second-order valence-electron chi connectivity index (χ2n) is 6.55. The van der Waals surface area contributed by atoms with Gasteiger partial charge >= 0.3 is 0 Å². The van der Waals surface area contributed by atoms with Crippen LogP contribution in [0.25, 0.3) is 10.2 Å². The van der Waals surface area contributed by atoms with E-state index in [0.717, 1.165) is 9.99 Å². The largest absolute Gasteiger partial charge is 0.289 e. The lowest BCUT2D eigenvalue weighted by atomic mass is 9.74. The first kappa shape index (κ1) is 14.2. The number of rotatable bonds is 2. The summed E-state index contributed by atoms with van der Waals surface area (Å²) < 4.78 is 2.47. The number of benzene rings is 1. The van der Waals surface area contributed by atoms with Crippen LogP contribution in [-0.4, -0.2) is 22.5 Å². The van der Waals surface area contributed by atoms with Gasteiger partial charge < -0.3 is 0 Å². The molecular weight excluding hydrogens is 344 g/mol. The van der Waals surface area contributed by atoms with Crippen molar-refractivity contribution in [3.8, 4) is 0 Å². The summed E-state index contributed by atoms with van der Waals surface area (Å²) in [6.45, 7) is 3.66. The second kappa shape index (κ2) is 5.32. The summed E-state index contributed by atoms with van der Waals surface area (Å²) in [4.78, 5) is 7.78. The summed E-state index contributed by atoms with van der Waals surface area (Å²) in [5, 5.41) is 1.36. The van der Waals surface area contributed by atoms with Crippen LogP contribution in [0.2, 0.25) is 0 Å². The lowest BCUT2D eigenvalue weighted by Crippen LogP contribution is -2.56. The van der Waals surface area contributed by atoms with E-state index in [2.05, 4.69) is 46.0 Å². The number of fused-ring (bicyclic) bond motifs is 1. The van der Waals surface area contributed by atoms with Crippen LogP contribution < -0.4 is 0 Å². The molecule has 0 spiro atoms. The maximum absolute atomic E-state index is 5.01. The van der Waals surface area contributed by atoms with Gasteiger partial charge in [-0.2, -0.15) is 0 Å². The minimum absolute atomic E-state index is 0.246. The minimum atomic E-state index is 0.246. The third kappa shape index (κ3) is 2.27. The van der Waals surface area contributed by atoms with Crippen LogP contribution in [0, 0.1) is 0 Å². The molecule has 2 nitrogen and oxygen atoms in total. The standard InChI is InChI=1S/C17H21BrN2S/c1-12-5-2-3-10-20(12)17(8-4-9-17)16-19-14-7-6-13(18)11-15(14)21-16/h6-7,11-12H,2-5,8-10H2,1H3. The van der Waals surface area contributed by atoms with Crippen molar-refractivity contribution in [3.63, 3.8) is 0 Å². The van der Waals surface area contributed by atoms with Crippen LogP contribution >= 0.6 is 27.3 Å². The molecule has 2 fully saturated rings. The smallest absolute Gasteiger partial charge is 0.114 e. The van der Waals surface area contributed by atoms with E-state index < -0.39 is 0 Å². The Kier molecular flexibility index (Phi) is 3.59. The van der Waals surface area contributed by atoms with Crippen LogP contribution in [0.5, 0.6) is 0 Å². The fourth-order valence-electron chi connectivity index (χ4n) is 3.97. The van der Waals surface area contributed by atoms with E-state index in [1.54, 1.807) is 0 Å². The Bertz CT molecular complexity index is 662. The lowest BCUT2D eigenvalue weighted by Gasteiger charge is -2.53. The van der Waals surface area contributed by atoms with Crippen molar-refractivity contribution >= 4 is 37.5 Å². The monoisotopic (exact) mass is 364 g/mol. The van der Waals surface area contributed by atoms with Gasteiger partial charge in [-0.05, 0) is 63.8 Å². The molecule has 1 atom stereocenters. The van der Waals surface area contributed by atoms with Gasteiger partial charge in [-0.25, -0.2) is 4.98 Å². The van der Waals surface area contributed by atoms with Crippen LogP contribution in [0.3, 0.4) is 0 Å². The third-order valence-electron chi connectivity index (χ3n) is 5.28. The molecular formula is C17H21BrN2S. The van der Waals surface area contributed by atoms with Gasteiger partial charge in [-0.15, -0.1) is 11.3 Å². The van der Waals surface area contributed by atoms with E-state index in [-0.39, 0.29) is 5.54 Å². The van der Waals surface area contributed by atoms with Crippen molar-refractivity contribution in [3.05, 3.63) is 27.7 Å². The van der Waals surface area contributed by atoms with Crippen molar-refractivity contribution in [1.29, 1.82) is 0 Å². The number of thiazole rings is 1. The number of hydrogen-bond acceptors (Lipinski definition) is 3. The molecule has 1 saturated carbocycles. The Morgan fingerprint density at radius 2 is 2.14 bits per heavy atom. The third-order valence-corrected chi connectivity index (χ3v) is 6.99. The summed E-state index contributed by atoms with van der Waals surface area (Å²) in [5.41, 5.74) is 1.41. The van der Waals surface area contributed by atoms with E-state index in [1.165, 1.54) is 54.8 Å². The van der Waals surface area contributed by atoms with E-state index in [0.29, 0.717) is 6.04 Å². The quantitative estimate of drug-likeness (QED) is 0.717. The number of nitrogens with zero attached hydrogens (tertiary/aromatic N) is 2. The average Bonchev–Trinajstić information content (AvgIpc) is 2.82. The van der Waals surface area contributed by atoms with Crippen LogP contribution in [0.1, 0.15) is 50.5 Å². The average molecular weight is 365 g/mol. The van der Waals surface area contributed by atoms with Gasteiger partial charge in [-0.3, -0.25) is 4.90 Å². The van der Waals surface area contributed by atoms with Gasteiger partial charge in [0.2, 0.25) is 0 Å². The zero-order valence-electron chi connectivity index (χ0n) is 12.4. The summed E-state index contributed by atoms with van der Waals surface area (Å²) >= 11 is 5.48. The Hall–Kier alpha value is -0.450. The van der Waals surface area contributed by atoms with Crippen LogP contribution in [-0.2, 0) is 5.54 Å². The normalized spacial score (nSPS) is 25.9. The van der Waals surface area contributed by atoms with Gasteiger partial charge in [0.15, 0.2) is 0 Å². The Labute approximate surface area is 138 Å². The molecule has 1 aliphatic heterocycles. The van der Waals surface area contributed by atoms with Gasteiger partial charge in [0.1, 0.15) is 5.01 Å². The van der Waals surface area contributed by atoms with Gasteiger partial charge in [0.25, 0.3) is 0 Å². The van der Waals surface area contributed by atoms with Crippen molar-refractivity contribution < 1.29 is 0 Å². The second-order valence-corrected chi connectivity index (χ2v) is 8.50. The summed E-state index contributed by atoms with van der Waals surface area (Å²) in [7, 11) is 0. The SMILES string of the molecule is CC1CCCCN1C1(c2nc3ccc(Br)cc3s2)CCC1. The van der Waals surface area contributed by atoms with E-state index in [4.69, 9.17) is 4.98 Å². The van der Waals surface area contributed by atoms with E-state index >= 15 is 0 Å². The van der Waals surface area contributed by atoms with Crippen LogP contribution in [0.4, 0.5) is 0 Å². The number of likely N-dealkylation sites (tertiary alicyclic amines) is 1. The Morgan fingerprint density at radius 3 is 2.86 bits per heavy atom. The molecule has 4 rings (SSSR count). The molecule has 4 heteroatoms. The molecule has 1 unspecified atom stereocenters. The van der Waals surface area contributed by atoms with Crippen LogP contribution in [0.15, 0.2) is 22.7 Å². The molecule has 2 aromatic rings. The molecule has 2 heterocycles. The Morgan fingerprint density at radius 1 is 1.29 bits per heavy atom. The Balaban J connectivity index is 1.76. The van der Waals surface area contributed by atoms with E-state index in [9.17, 15) is 0 Å². The highest BCUT2D eigenvalue weighted by molar-refractivity contribution is 9.10. The van der Waals surface area contributed by atoms with Crippen molar-refractivity contribution in [1.82, 2.24) is 9.88 Å². The number of halogens is 1. The molecule has 0 amide bonds. The molecule has 1 saturated heterocycles. The zero-order chi connectivity index (χ0) is 14.4. The fourth-order valence-corrected chi connectivity index (χ4v) is 5.75. The zero-order valence-corrected chi connectivity index (χ0v) is 14.8. The maximum atomic E-state index is 5.01. The number of hydrogen-bond donors (Lipinski definition) is 0. The molecule has 1 aliphatic carbocycles. The topological polar surface area (TPSA) is 16.1 Å². The first-order valence-electron chi connectivity index (χ1n) is 8.02. The predicted octanol–water partition coefficient (Wildman–Crippen LogP) is 5.31. The first-order valence-corrected chi connectivity index (χ1v) is 9.63. The summed E-state index contributed by atoms with van der Waals surface area (Å²) in [5.74, 6) is 0. The molecule has 0 N–H and O–H groups in total. The van der Waals surface area contributed by atoms with Crippen molar-refractivity contribution in [2.75, 3.05) is 6.54 Å². The molecule has 21 heavy (non-hydrogen) atoms. The molecule has 0 bridgehead atoms. The highest BCUT2D eigenvalue weighted by atomic mass is 79.9. The molecule has 1 aromatic heterocycles. The predicted molar refractivity (Wildman–Crippen MR) is 92.9 cm³/mol. The van der Waals surface area contributed by atoms with Gasteiger partial charge in [0.05, 0.1) is 15.8 Å². The molecule has 2 aliphatic rings. The minimum Gasteiger partial charge on any atom is -0.289 e. The highest BCUT2D eigenvalue weighted by Gasteiger charge is 2.48. The van der Waals surface area contributed by atoms with Gasteiger partial charge in [-0.1, -0.05) is 22.4 Å². The summed E-state index contributed by atoms with van der Waals surface area (Å²) in [6.07, 6.45) is 8.01. The molecule has 1 aromatic carbocycles. The summed E-state index contributed by atoms with van der Waals surface area (Å²) in [6, 6.07) is 7.16. The van der Waals surface area contributed by atoms with Crippen molar-refractivity contribution in [2.24, 2.45) is 0 Å². The lowest BCUT2D eigenvalue weighted by molar-refractivity contribution is -0.0344. The fraction of sp³-hybridized carbons (Fsp3) is 0.588. The maximum Gasteiger partial charge on any atom is 0.114 e. The molecule has 112 valence electrons. The first-order chi connectivity index (χ1) is 10.2. The highest BCUT2D eigenvalue weighted by Crippen LogP contribution is 2.50.